The summed E-state index contributed by atoms with van der Waals surface area (Å²) in [5, 5.41) is 7.74. The van der Waals surface area contributed by atoms with E-state index in [1.165, 1.54) is 4.90 Å². The van der Waals surface area contributed by atoms with Crippen LogP contribution in [0, 0.1) is 5.92 Å². The molecule has 10 heteroatoms. The fraction of sp³-hybridized carbons (Fsp3) is 0.316. The third-order valence-corrected chi connectivity index (χ3v) is 5.69. The van der Waals surface area contributed by atoms with Gasteiger partial charge in [-0.1, -0.05) is 18.2 Å². The molecule has 1 fully saturated rings. The van der Waals surface area contributed by atoms with Gasteiger partial charge in [0.25, 0.3) is 0 Å². The molecule has 0 bridgehead atoms. The van der Waals surface area contributed by atoms with Gasteiger partial charge in [0, 0.05) is 24.5 Å². The number of hydrogen-bond acceptors (Lipinski definition) is 4. The van der Waals surface area contributed by atoms with Gasteiger partial charge in [-0.05, 0) is 43.2 Å². The molecular formula is C19H20F3N3O3S. The summed E-state index contributed by atoms with van der Waals surface area (Å²) in [4.78, 5) is 13.4. The minimum Gasteiger partial charge on any atom is -0.370 e. The van der Waals surface area contributed by atoms with Gasteiger partial charge in [-0.25, -0.2) is 13.6 Å². The predicted octanol–water partition coefficient (Wildman–Crippen LogP) is 3.21. The Morgan fingerprint density at radius 1 is 1.14 bits per heavy atom. The van der Waals surface area contributed by atoms with Gasteiger partial charge >= 0.3 is 6.18 Å². The first-order valence-corrected chi connectivity index (χ1v) is 10.5. The summed E-state index contributed by atoms with van der Waals surface area (Å²) in [5.74, 6) is -0.765. The van der Waals surface area contributed by atoms with E-state index >= 15 is 0 Å². The molecule has 0 saturated carbocycles. The molecule has 1 saturated heterocycles. The summed E-state index contributed by atoms with van der Waals surface area (Å²) in [7, 11) is -4.27. The Bertz CT molecular complexity index is 995. The van der Waals surface area contributed by atoms with Crippen LogP contribution >= 0.6 is 0 Å². The topological polar surface area (TPSA) is 92.5 Å². The molecule has 0 spiro atoms. The second-order valence-electron chi connectivity index (χ2n) is 6.86. The third-order valence-electron chi connectivity index (χ3n) is 4.78. The Morgan fingerprint density at radius 2 is 1.83 bits per heavy atom. The Labute approximate surface area is 166 Å². The number of amides is 1. The molecule has 0 radical (unpaired) electrons. The monoisotopic (exact) mass is 427 g/mol. The van der Waals surface area contributed by atoms with Crippen LogP contribution in [0.25, 0.3) is 0 Å². The van der Waals surface area contributed by atoms with E-state index in [2.05, 4.69) is 5.32 Å². The van der Waals surface area contributed by atoms with Gasteiger partial charge in [0.15, 0.2) is 0 Å². The maximum atomic E-state index is 13.6. The van der Waals surface area contributed by atoms with Crippen molar-refractivity contribution >= 4 is 27.3 Å². The molecule has 1 aliphatic rings. The summed E-state index contributed by atoms with van der Waals surface area (Å²) >= 11 is 0. The summed E-state index contributed by atoms with van der Waals surface area (Å²) in [6.45, 7) is 0.420. The van der Waals surface area contributed by atoms with E-state index in [4.69, 9.17) is 5.14 Å². The number of halogens is 3. The molecule has 6 nitrogen and oxygen atoms in total. The van der Waals surface area contributed by atoms with Crippen molar-refractivity contribution in [2.24, 2.45) is 11.1 Å². The number of anilines is 2. The second kappa shape index (κ2) is 8.03. The SMILES string of the molecule is NS(=O)(=O)c1ccc(N2CCCC(C(=O)Nc3ccccc3)C2)c(C(F)(F)F)c1. The lowest BCUT2D eigenvalue weighted by Gasteiger charge is -2.35. The number of nitrogens with two attached hydrogens (primary N) is 1. The quantitative estimate of drug-likeness (QED) is 0.784. The van der Waals surface area contributed by atoms with Gasteiger partial charge < -0.3 is 10.2 Å². The van der Waals surface area contributed by atoms with Crippen molar-refractivity contribution < 1.29 is 26.4 Å². The van der Waals surface area contributed by atoms with E-state index in [-0.39, 0.29) is 18.1 Å². The fourth-order valence-electron chi connectivity index (χ4n) is 3.37. The summed E-state index contributed by atoms with van der Waals surface area (Å²) in [6.07, 6.45) is -3.69. The van der Waals surface area contributed by atoms with Crippen LogP contribution in [-0.2, 0) is 21.0 Å². The van der Waals surface area contributed by atoms with Crippen LogP contribution in [-0.4, -0.2) is 27.4 Å². The zero-order chi connectivity index (χ0) is 21.2. The van der Waals surface area contributed by atoms with E-state index in [9.17, 15) is 26.4 Å². The lowest BCUT2D eigenvalue weighted by molar-refractivity contribution is -0.137. The number of nitrogens with zero attached hydrogens (tertiary/aromatic N) is 1. The van der Waals surface area contributed by atoms with Crippen LogP contribution in [0.1, 0.15) is 18.4 Å². The number of piperidine rings is 1. The molecule has 0 aromatic heterocycles. The first-order valence-electron chi connectivity index (χ1n) is 8.90. The van der Waals surface area contributed by atoms with E-state index in [1.807, 2.05) is 6.07 Å². The summed E-state index contributed by atoms with van der Waals surface area (Å²) in [6, 6.07) is 11.5. The minimum absolute atomic E-state index is 0.0937. The molecule has 0 aliphatic carbocycles. The number of para-hydroxylation sites is 1. The molecule has 1 aliphatic heterocycles. The number of alkyl halides is 3. The molecule has 1 heterocycles. The second-order valence-corrected chi connectivity index (χ2v) is 8.42. The van der Waals surface area contributed by atoms with E-state index in [1.54, 1.807) is 24.3 Å². The average Bonchev–Trinajstić information content (AvgIpc) is 2.67. The highest BCUT2D eigenvalue weighted by molar-refractivity contribution is 7.89. The van der Waals surface area contributed by atoms with Crippen LogP contribution in [0.15, 0.2) is 53.4 Å². The number of carbonyl (C=O) groups is 1. The molecule has 29 heavy (non-hydrogen) atoms. The highest BCUT2D eigenvalue weighted by atomic mass is 32.2. The third kappa shape index (κ3) is 5.07. The Morgan fingerprint density at radius 3 is 2.45 bits per heavy atom. The number of primary sulfonamides is 1. The van der Waals surface area contributed by atoms with Crippen LogP contribution in [0.3, 0.4) is 0 Å². The van der Waals surface area contributed by atoms with Crippen molar-refractivity contribution in [1.29, 1.82) is 0 Å². The smallest absolute Gasteiger partial charge is 0.370 e. The van der Waals surface area contributed by atoms with Crippen molar-refractivity contribution in [2.45, 2.75) is 23.9 Å². The zero-order valence-electron chi connectivity index (χ0n) is 15.3. The molecule has 2 aromatic rings. The van der Waals surface area contributed by atoms with Gasteiger partial charge in [0.2, 0.25) is 15.9 Å². The lowest BCUT2D eigenvalue weighted by atomic mass is 9.95. The number of hydrogen-bond donors (Lipinski definition) is 2. The van der Waals surface area contributed by atoms with Crippen LogP contribution in [0.4, 0.5) is 24.5 Å². The van der Waals surface area contributed by atoms with Gasteiger partial charge in [-0.2, -0.15) is 13.2 Å². The Balaban J connectivity index is 1.85. The molecule has 1 unspecified atom stereocenters. The highest BCUT2D eigenvalue weighted by Gasteiger charge is 2.37. The molecule has 3 N–H and O–H groups in total. The van der Waals surface area contributed by atoms with E-state index < -0.39 is 32.6 Å². The Kier molecular flexibility index (Phi) is 5.85. The number of benzene rings is 2. The van der Waals surface area contributed by atoms with Crippen molar-refractivity contribution in [2.75, 3.05) is 23.3 Å². The molecule has 1 amide bonds. The molecule has 1 atom stereocenters. The Hall–Kier alpha value is -2.59. The van der Waals surface area contributed by atoms with Crippen molar-refractivity contribution in [3.63, 3.8) is 0 Å². The highest BCUT2D eigenvalue weighted by Crippen LogP contribution is 2.39. The first kappa shape index (κ1) is 21.1. The van der Waals surface area contributed by atoms with Crippen molar-refractivity contribution in [3.8, 4) is 0 Å². The van der Waals surface area contributed by atoms with Gasteiger partial charge in [-0.3, -0.25) is 4.79 Å². The normalized spacial score (nSPS) is 17.8. The number of carbonyl (C=O) groups excluding carboxylic acids is 1. The predicted molar refractivity (Wildman–Crippen MR) is 103 cm³/mol. The van der Waals surface area contributed by atoms with Crippen molar-refractivity contribution in [1.82, 2.24) is 0 Å². The van der Waals surface area contributed by atoms with Gasteiger partial charge in [0.1, 0.15) is 0 Å². The minimum atomic E-state index is -4.77. The maximum Gasteiger partial charge on any atom is 0.418 e. The van der Waals surface area contributed by atoms with Crippen LogP contribution in [0.5, 0.6) is 0 Å². The molecule has 2 aromatic carbocycles. The maximum absolute atomic E-state index is 13.6. The van der Waals surface area contributed by atoms with Crippen LogP contribution < -0.4 is 15.4 Å². The summed E-state index contributed by atoms with van der Waals surface area (Å²) < 4.78 is 63.6. The molecule has 156 valence electrons. The number of nitrogens with one attached hydrogen (secondary N) is 1. The fourth-order valence-corrected chi connectivity index (χ4v) is 3.91. The van der Waals surface area contributed by atoms with Gasteiger partial charge in [-0.15, -0.1) is 0 Å². The standard InChI is InChI=1S/C19H20F3N3O3S/c20-19(21,22)16-11-15(29(23,27)28)8-9-17(16)25-10-4-5-13(12-25)18(26)24-14-6-2-1-3-7-14/h1-3,6-9,11,13H,4-5,10,12H2,(H,24,26)(H2,23,27,28). The lowest BCUT2D eigenvalue weighted by Crippen LogP contribution is -2.41. The number of sulfonamides is 1. The largest absolute Gasteiger partial charge is 0.418 e. The zero-order valence-corrected chi connectivity index (χ0v) is 16.1. The molecular weight excluding hydrogens is 407 g/mol. The molecule has 3 rings (SSSR count). The van der Waals surface area contributed by atoms with Gasteiger partial charge in [0.05, 0.1) is 16.4 Å². The van der Waals surface area contributed by atoms with E-state index in [0.717, 1.165) is 12.1 Å². The average molecular weight is 427 g/mol. The number of rotatable bonds is 4. The van der Waals surface area contributed by atoms with Crippen LogP contribution in [0.2, 0.25) is 0 Å². The van der Waals surface area contributed by atoms with Crippen molar-refractivity contribution in [3.05, 3.63) is 54.1 Å². The summed E-state index contributed by atoms with van der Waals surface area (Å²) in [5.41, 5.74) is -0.640. The van der Waals surface area contributed by atoms with E-state index in [0.29, 0.717) is 31.1 Å². The first-order chi connectivity index (χ1) is 13.6.